The van der Waals surface area contributed by atoms with Crippen LogP contribution in [0, 0.1) is 0 Å². The SMILES string of the molecule is CCNC(CCC(C)(C)OC)COc1cccc(Cl)c1. The van der Waals surface area contributed by atoms with Crippen LogP contribution in [0.3, 0.4) is 0 Å². The summed E-state index contributed by atoms with van der Waals surface area (Å²) >= 11 is 5.95. The lowest BCUT2D eigenvalue weighted by Crippen LogP contribution is -2.36. The first-order valence-corrected chi connectivity index (χ1v) is 7.51. The molecule has 0 bridgehead atoms. The van der Waals surface area contributed by atoms with E-state index in [0.29, 0.717) is 17.7 Å². The van der Waals surface area contributed by atoms with Gasteiger partial charge >= 0.3 is 0 Å². The van der Waals surface area contributed by atoms with Crippen LogP contribution in [-0.2, 0) is 4.74 Å². The zero-order chi connectivity index (χ0) is 15.0. The van der Waals surface area contributed by atoms with Crippen LogP contribution in [0.15, 0.2) is 24.3 Å². The molecule has 0 aliphatic rings. The third-order valence-corrected chi connectivity index (χ3v) is 3.62. The molecule has 1 aromatic rings. The highest BCUT2D eigenvalue weighted by Crippen LogP contribution is 2.19. The Morgan fingerprint density at radius 1 is 1.35 bits per heavy atom. The van der Waals surface area contributed by atoms with E-state index in [1.54, 1.807) is 7.11 Å². The van der Waals surface area contributed by atoms with E-state index in [1.165, 1.54) is 0 Å². The molecule has 0 aliphatic carbocycles. The van der Waals surface area contributed by atoms with Gasteiger partial charge < -0.3 is 14.8 Å². The van der Waals surface area contributed by atoms with E-state index in [4.69, 9.17) is 21.1 Å². The number of halogens is 1. The topological polar surface area (TPSA) is 30.5 Å². The van der Waals surface area contributed by atoms with E-state index in [0.717, 1.165) is 25.1 Å². The molecule has 0 amide bonds. The smallest absolute Gasteiger partial charge is 0.120 e. The normalized spacial score (nSPS) is 13.2. The van der Waals surface area contributed by atoms with Crippen LogP contribution in [0.1, 0.15) is 33.6 Å². The van der Waals surface area contributed by atoms with Crippen LogP contribution in [0.5, 0.6) is 5.75 Å². The average molecular weight is 300 g/mol. The van der Waals surface area contributed by atoms with Gasteiger partial charge in [0, 0.05) is 18.2 Å². The molecule has 0 heterocycles. The number of likely N-dealkylation sites (N-methyl/N-ethyl adjacent to an activating group) is 1. The van der Waals surface area contributed by atoms with Crippen molar-refractivity contribution >= 4 is 11.6 Å². The Morgan fingerprint density at radius 2 is 2.10 bits per heavy atom. The number of methoxy groups -OCH3 is 1. The van der Waals surface area contributed by atoms with Gasteiger partial charge in [-0.2, -0.15) is 0 Å². The van der Waals surface area contributed by atoms with Crippen molar-refractivity contribution in [1.29, 1.82) is 0 Å². The van der Waals surface area contributed by atoms with Gasteiger partial charge in [-0.1, -0.05) is 24.6 Å². The number of rotatable bonds is 9. The number of hydrogen-bond donors (Lipinski definition) is 1. The number of ether oxygens (including phenoxy) is 2. The first kappa shape index (κ1) is 17.3. The number of hydrogen-bond acceptors (Lipinski definition) is 3. The summed E-state index contributed by atoms with van der Waals surface area (Å²) in [5.41, 5.74) is -0.0935. The van der Waals surface area contributed by atoms with E-state index < -0.39 is 0 Å². The molecule has 1 aromatic carbocycles. The first-order chi connectivity index (χ1) is 9.46. The van der Waals surface area contributed by atoms with Gasteiger partial charge in [0.05, 0.1) is 5.60 Å². The highest BCUT2D eigenvalue weighted by molar-refractivity contribution is 6.30. The summed E-state index contributed by atoms with van der Waals surface area (Å²) in [6, 6.07) is 7.82. The molecule has 1 unspecified atom stereocenters. The summed E-state index contributed by atoms with van der Waals surface area (Å²) in [6.07, 6.45) is 2.00. The fourth-order valence-corrected chi connectivity index (χ4v) is 2.09. The van der Waals surface area contributed by atoms with Crippen molar-refractivity contribution in [3.8, 4) is 5.75 Å². The van der Waals surface area contributed by atoms with Crippen LogP contribution < -0.4 is 10.1 Å². The van der Waals surface area contributed by atoms with Gasteiger partial charge in [-0.3, -0.25) is 0 Å². The molecule has 20 heavy (non-hydrogen) atoms. The minimum absolute atomic E-state index is 0.0935. The van der Waals surface area contributed by atoms with Gasteiger partial charge in [0.15, 0.2) is 0 Å². The highest BCUT2D eigenvalue weighted by atomic mass is 35.5. The summed E-state index contributed by atoms with van der Waals surface area (Å²) in [5.74, 6) is 0.811. The second-order valence-electron chi connectivity index (χ2n) is 5.53. The Bertz CT molecular complexity index is 396. The van der Waals surface area contributed by atoms with Crippen molar-refractivity contribution in [2.24, 2.45) is 0 Å². The van der Waals surface area contributed by atoms with Gasteiger partial charge in [-0.05, 0) is 51.4 Å². The molecule has 0 saturated heterocycles. The maximum absolute atomic E-state index is 5.95. The Balaban J connectivity index is 2.46. The molecule has 1 N–H and O–H groups in total. The van der Waals surface area contributed by atoms with Gasteiger partial charge in [0.1, 0.15) is 12.4 Å². The lowest BCUT2D eigenvalue weighted by molar-refractivity contribution is 0.0106. The van der Waals surface area contributed by atoms with Crippen molar-refractivity contribution < 1.29 is 9.47 Å². The van der Waals surface area contributed by atoms with E-state index in [9.17, 15) is 0 Å². The Hall–Kier alpha value is -0.770. The molecule has 1 rings (SSSR count). The molecule has 0 radical (unpaired) electrons. The number of benzene rings is 1. The van der Waals surface area contributed by atoms with Crippen LogP contribution >= 0.6 is 11.6 Å². The Labute approximate surface area is 127 Å². The predicted molar refractivity (Wildman–Crippen MR) is 84.7 cm³/mol. The summed E-state index contributed by atoms with van der Waals surface area (Å²) in [7, 11) is 1.75. The van der Waals surface area contributed by atoms with E-state index >= 15 is 0 Å². The summed E-state index contributed by atoms with van der Waals surface area (Å²) in [5, 5.41) is 4.15. The molecule has 0 aromatic heterocycles. The van der Waals surface area contributed by atoms with Crippen LogP contribution in [0.2, 0.25) is 5.02 Å². The van der Waals surface area contributed by atoms with Crippen molar-refractivity contribution in [2.45, 2.75) is 45.3 Å². The maximum atomic E-state index is 5.95. The second kappa shape index (κ2) is 8.50. The Kier molecular flexibility index (Phi) is 7.35. The van der Waals surface area contributed by atoms with Crippen LogP contribution in [0.4, 0.5) is 0 Å². The highest BCUT2D eigenvalue weighted by Gasteiger charge is 2.19. The van der Waals surface area contributed by atoms with Gasteiger partial charge in [0.25, 0.3) is 0 Å². The summed E-state index contributed by atoms with van der Waals surface area (Å²) < 4.78 is 11.3. The lowest BCUT2D eigenvalue weighted by Gasteiger charge is -2.26. The Morgan fingerprint density at radius 3 is 2.70 bits per heavy atom. The zero-order valence-corrected chi connectivity index (χ0v) is 13.7. The molecular formula is C16H26ClNO2. The zero-order valence-electron chi connectivity index (χ0n) is 12.9. The van der Waals surface area contributed by atoms with Crippen molar-refractivity contribution in [3.05, 3.63) is 29.3 Å². The standard InChI is InChI=1S/C16H26ClNO2/c1-5-18-14(9-10-16(2,3)19-4)12-20-15-8-6-7-13(17)11-15/h6-8,11,14,18H,5,9-10,12H2,1-4H3. The minimum Gasteiger partial charge on any atom is -0.492 e. The van der Waals surface area contributed by atoms with E-state index in [1.807, 2.05) is 24.3 Å². The quantitative estimate of drug-likeness (QED) is 0.750. The largest absolute Gasteiger partial charge is 0.492 e. The second-order valence-corrected chi connectivity index (χ2v) is 5.96. The van der Waals surface area contributed by atoms with E-state index in [2.05, 4.69) is 26.1 Å². The maximum Gasteiger partial charge on any atom is 0.120 e. The van der Waals surface area contributed by atoms with Gasteiger partial charge in [-0.25, -0.2) is 0 Å². The monoisotopic (exact) mass is 299 g/mol. The van der Waals surface area contributed by atoms with Crippen LogP contribution in [0.25, 0.3) is 0 Å². The predicted octanol–water partition coefficient (Wildman–Crippen LogP) is 3.90. The van der Waals surface area contributed by atoms with Crippen molar-refractivity contribution in [3.63, 3.8) is 0 Å². The molecule has 0 aliphatic heterocycles. The molecule has 3 nitrogen and oxygen atoms in total. The third-order valence-electron chi connectivity index (χ3n) is 3.39. The molecular weight excluding hydrogens is 274 g/mol. The van der Waals surface area contributed by atoms with Crippen molar-refractivity contribution in [2.75, 3.05) is 20.3 Å². The molecule has 114 valence electrons. The molecule has 0 saturated carbocycles. The fourth-order valence-electron chi connectivity index (χ4n) is 1.91. The molecule has 4 heteroatoms. The summed E-state index contributed by atoms with van der Waals surface area (Å²) in [6.45, 7) is 7.88. The van der Waals surface area contributed by atoms with Gasteiger partial charge in [-0.15, -0.1) is 0 Å². The fraction of sp³-hybridized carbons (Fsp3) is 0.625. The first-order valence-electron chi connectivity index (χ1n) is 7.13. The molecule has 0 fully saturated rings. The third kappa shape index (κ3) is 6.60. The molecule has 1 atom stereocenters. The van der Waals surface area contributed by atoms with Crippen molar-refractivity contribution in [1.82, 2.24) is 5.32 Å². The summed E-state index contributed by atoms with van der Waals surface area (Å²) in [4.78, 5) is 0. The lowest BCUT2D eigenvalue weighted by atomic mass is 9.99. The van der Waals surface area contributed by atoms with Gasteiger partial charge in [0.2, 0.25) is 0 Å². The number of nitrogens with one attached hydrogen (secondary N) is 1. The van der Waals surface area contributed by atoms with E-state index in [-0.39, 0.29) is 5.60 Å². The molecule has 0 spiro atoms. The minimum atomic E-state index is -0.0935. The van der Waals surface area contributed by atoms with Crippen LogP contribution in [-0.4, -0.2) is 31.9 Å². The average Bonchev–Trinajstić information content (AvgIpc) is 2.42.